The smallest absolute Gasteiger partial charge is 0.270 e. The van der Waals surface area contributed by atoms with Crippen molar-refractivity contribution in [1.82, 2.24) is 10.3 Å². The Morgan fingerprint density at radius 2 is 1.93 bits per heavy atom. The highest BCUT2D eigenvalue weighted by Crippen LogP contribution is 2.26. The van der Waals surface area contributed by atoms with E-state index in [2.05, 4.69) is 10.3 Å². The first-order valence-corrected chi connectivity index (χ1v) is 9.24. The van der Waals surface area contributed by atoms with Crippen LogP contribution in [0.15, 0.2) is 47.8 Å². The third-order valence-corrected chi connectivity index (χ3v) is 4.56. The molecule has 0 atom stereocenters. The predicted octanol–water partition coefficient (Wildman–Crippen LogP) is 4.81. The maximum Gasteiger partial charge on any atom is 0.270 e. The van der Waals surface area contributed by atoms with Crippen LogP contribution in [0.4, 0.5) is 8.78 Å². The predicted molar refractivity (Wildman–Crippen MR) is 101 cm³/mol. The van der Waals surface area contributed by atoms with Gasteiger partial charge in [0, 0.05) is 28.6 Å². The van der Waals surface area contributed by atoms with E-state index in [1.54, 1.807) is 17.5 Å². The number of nitrogens with one attached hydrogen (secondary N) is 1. The minimum atomic E-state index is -0.637. The van der Waals surface area contributed by atoms with Crippen molar-refractivity contribution < 1.29 is 18.3 Å². The molecule has 0 unspecified atom stereocenters. The number of aromatic nitrogens is 1. The number of nitrogens with zero attached hydrogens (tertiary/aromatic N) is 1. The van der Waals surface area contributed by atoms with E-state index >= 15 is 0 Å². The number of ether oxygens (including phenoxy) is 1. The van der Waals surface area contributed by atoms with Gasteiger partial charge in [-0.25, -0.2) is 13.8 Å². The van der Waals surface area contributed by atoms with Gasteiger partial charge in [-0.15, -0.1) is 11.3 Å². The molecule has 3 aromatic rings. The van der Waals surface area contributed by atoms with Gasteiger partial charge >= 0.3 is 0 Å². The average Bonchev–Trinajstić information content (AvgIpc) is 3.11. The molecule has 2 aromatic carbocycles. The van der Waals surface area contributed by atoms with E-state index in [4.69, 9.17) is 4.74 Å². The Kier molecular flexibility index (Phi) is 5.81. The molecule has 0 aliphatic carbocycles. The van der Waals surface area contributed by atoms with Crippen molar-refractivity contribution in [3.63, 3.8) is 0 Å². The van der Waals surface area contributed by atoms with E-state index in [9.17, 15) is 13.6 Å². The van der Waals surface area contributed by atoms with Gasteiger partial charge in [-0.2, -0.15) is 0 Å². The van der Waals surface area contributed by atoms with Gasteiger partial charge in [0.1, 0.15) is 34.7 Å². The minimum absolute atomic E-state index is 0.00222. The second kappa shape index (κ2) is 8.26. The largest absolute Gasteiger partial charge is 0.489 e. The molecule has 1 heterocycles. The monoisotopic (exact) mass is 388 g/mol. The fourth-order valence-electron chi connectivity index (χ4n) is 2.34. The molecular formula is C20H18F2N2O2S. The van der Waals surface area contributed by atoms with E-state index in [0.29, 0.717) is 11.4 Å². The van der Waals surface area contributed by atoms with Crippen LogP contribution in [0.1, 0.15) is 29.9 Å². The second-order valence-corrected chi connectivity index (χ2v) is 7.07. The van der Waals surface area contributed by atoms with Crippen LogP contribution < -0.4 is 10.1 Å². The minimum Gasteiger partial charge on any atom is -0.489 e. The molecule has 3 rings (SSSR count). The van der Waals surface area contributed by atoms with Crippen LogP contribution in [0.5, 0.6) is 5.75 Å². The van der Waals surface area contributed by atoms with E-state index in [1.807, 2.05) is 26.0 Å². The third-order valence-electron chi connectivity index (χ3n) is 3.67. The molecule has 0 saturated heterocycles. The lowest BCUT2D eigenvalue weighted by Crippen LogP contribution is -2.30. The standard InChI is InChI=1S/C20H18F2N2O2S/c1-12(2)23-19(25)18-11-27-20(24-18)13-4-7-16(8-5-13)26-10-14-3-6-15(21)9-17(14)22/h3-9,11-12H,10H2,1-2H3,(H,23,25). The summed E-state index contributed by atoms with van der Waals surface area (Å²) in [6.07, 6.45) is 0. The third kappa shape index (κ3) is 4.89. The number of benzene rings is 2. The van der Waals surface area contributed by atoms with Crippen LogP contribution in [0, 0.1) is 11.6 Å². The Labute approximate surface area is 159 Å². The van der Waals surface area contributed by atoms with Gasteiger partial charge in [-0.1, -0.05) is 0 Å². The Bertz CT molecular complexity index is 939. The Hall–Kier alpha value is -2.80. The zero-order chi connectivity index (χ0) is 19.4. The Balaban J connectivity index is 1.65. The van der Waals surface area contributed by atoms with Gasteiger partial charge in [0.05, 0.1) is 0 Å². The number of thiazole rings is 1. The van der Waals surface area contributed by atoms with Crippen molar-refractivity contribution in [3.8, 4) is 16.3 Å². The van der Waals surface area contributed by atoms with E-state index in [-0.39, 0.29) is 24.1 Å². The van der Waals surface area contributed by atoms with Crippen LogP contribution in [0.2, 0.25) is 0 Å². The molecule has 7 heteroatoms. The SMILES string of the molecule is CC(C)NC(=O)c1csc(-c2ccc(OCc3ccc(F)cc3F)cc2)n1. The summed E-state index contributed by atoms with van der Waals surface area (Å²) in [5.74, 6) is -0.905. The van der Waals surface area contributed by atoms with Gasteiger partial charge in [0.2, 0.25) is 0 Å². The number of carbonyl (C=O) groups is 1. The summed E-state index contributed by atoms with van der Waals surface area (Å²) < 4.78 is 32.1. The zero-order valence-electron chi connectivity index (χ0n) is 14.8. The fourth-order valence-corrected chi connectivity index (χ4v) is 3.15. The molecule has 140 valence electrons. The molecule has 1 amide bonds. The molecule has 0 aliphatic heterocycles. The van der Waals surface area contributed by atoms with E-state index in [0.717, 1.165) is 16.6 Å². The molecule has 0 aliphatic rings. The van der Waals surface area contributed by atoms with Crippen molar-refractivity contribution in [2.75, 3.05) is 0 Å². The summed E-state index contributed by atoms with van der Waals surface area (Å²) in [6, 6.07) is 10.6. The number of hydrogen-bond acceptors (Lipinski definition) is 4. The van der Waals surface area contributed by atoms with Gasteiger partial charge in [0.15, 0.2) is 0 Å². The Morgan fingerprint density at radius 3 is 2.59 bits per heavy atom. The number of halogens is 2. The van der Waals surface area contributed by atoms with Gasteiger partial charge in [0.25, 0.3) is 5.91 Å². The molecular weight excluding hydrogens is 370 g/mol. The van der Waals surface area contributed by atoms with Gasteiger partial charge in [-0.05, 0) is 50.2 Å². The lowest BCUT2D eigenvalue weighted by atomic mass is 10.2. The highest BCUT2D eigenvalue weighted by atomic mass is 32.1. The van der Waals surface area contributed by atoms with Crippen LogP contribution in [-0.2, 0) is 6.61 Å². The molecule has 0 bridgehead atoms. The van der Waals surface area contributed by atoms with E-state index in [1.165, 1.54) is 23.5 Å². The van der Waals surface area contributed by atoms with Crippen LogP contribution in [0.25, 0.3) is 10.6 Å². The summed E-state index contributed by atoms with van der Waals surface area (Å²) in [4.78, 5) is 16.3. The molecule has 0 radical (unpaired) electrons. The van der Waals surface area contributed by atoms with Crippen LogP contribution >= 0.6 is 11.3 Å². The quantitative estimate of drug-likeness (QED) is 0.660. The molecule has 4 nitrogen and oxygen atoms in total. The number of amides is 1. The Morgan fingerprint density at radius 1 is 1.19 bits per heavy atom. The molecule has 0 spiro atoms. The van der Waals surface area contributed by atoms with E-state index < -0.39 is 11.6 Å². The average molecular weight is 388 g/mol. The topological polar surface area (TPSA) is 51.2 Å². The number of hydrogen-bond donors (Lipinski definition) is 1. The lowest BCUT2D eigenvalue weighted by molar-refractivity contribution is 0.0939. The summed E-state index contributed by atoms with van der Waals surface area (Å²) in [6.45, 7) is 3.78. The first kappa shape index (κ1) is 19.0. The zero-order valence-corrected chi connectivity index (χ0v) is 15.6. The van der Waals surface area contributed by atoms with Crippen LogP contribution in [0.3, 0.4) is 0 Å². The molecule has 0 fully saturated rings. The normalized spacial score (nSPS) is 10.9. The molecule has 1 aromatic heterocycles. The number of carbonyl (C=O) groups excluding carboxylic acids is 1. The molecule has 1 N–H and O–H groups in total. The molecule has 0 saturated carbocycles. The summed E-state index contributed by atoms with van der Waals surface area (Å²) in [5, 5.41) is 5.24. The highest BCUT2D eigenvalue weighted by Gasteiger charge is 2.12. The summed E-state index contributed by atoms with van der Waals surface area (Å²) in [7, 11) is 0. The lowest BCUT2D eigenvalue weighted by Gasteiger charge is -2.08. The van der Waals surface area contributed by atoms with Crippen molar-refractivity contribution in [2.24, 2.45) is 0 Å². The summed E-state index contributed by atoms with van der Waals surface area (Å²) >= 11 is 1.38. The van der Waals surface area contributed by atoms with Crippen molar-refractivity contribution in [3.05, 3.63) is 70.7 Å². The highest BCUT2D eigenvalue weighted by molar-refractivity contribution is 7.13. The molecule has 27 heavy (non-hydrogen) atoms. The van der Waals surface area contributed by atoms with Crippen LogP contribution in [-0.4, -0.2) is 16.9 Å². The first-order valence-electron chi connectivity index (χ1n) is 8.36. The van der Waals surface area contributed by atoms with Gasteiger partial charge < -0.3 is 10.1 Å². The van der Waals surface area contributed by atoms with Crippen molar-refractivity contribution >= 4 is 17.2 Å². The maximum atomic E-state index is 13.6. The summed E-state index contributed by atoms with van der Waals surface area (Å²) in [5.41, 5.74) is 1.51. The first-order chi connectivity index (χ1) is 12.9. The van der Waals surface area contributed by atoms with Crippen molar-refractivity contribution in [1.29, 1.82) is 0 Å². The second-order valence-electron chi connectivity index (χ2n) is 6.21. The number of rotatable bonds is 6. The maximum absolute atomic E-state index is 13.6. The fraction of sp³-hybridized carbons (Fsp3) is 0.200. The van der Waals surface area contributed by atoms with Crippen molar-refractivity contribution in [2.45, 2.75) is 26.5 Å². The van der Waals surface area contributed by atoms with Gasteiger partial charge in [-0.3, -0.25) is 4.79 Å².